The van der Waals surface area contributed by atoms with Crippen LogP contribution in [0, 0.1) is 11.3 Å². The van der Waals surface area contributed by atoms with Gasteiger partial charge in [0.05, 0.1) is 18.2 Å². The molecule has 0 bridgehead atoms. The summed E-state index contributed by atoms with van der Waals surface area (Å²) < 4.78 is 6.85. The van der Waals surface area contributed by atoms with Gasteiger partial charge in [0.2, 0.25) is 0 Å². The van der Waals surface area contributed by atoms with Crippen LogP contribution in [-0.2, 0) is 11.3 Å². The van der Waals surface area contributed by atoms with E-state index < -0.39 is 0 Å². The molecule has 8 nitrogen and oxygen atoms in total. The Morgan fingerprint density at radius 3 is 3.00 bits per heavy atom. The van der Waals surface area contributed by atoms with E-state index >= 15 is 0 Å². The summed E-state index contributed by atoms with van der Waals surface area (Å²) in [5, 5.41) is 19.4. The second kappa shape index (κ2) is 7.28. The number of carbonyl (C=O) groups excluding carboxylic acids is 1. The van der Waals surface area contributed by atoms with Crippen LogP contribution in [0.3, 0.4) is 0 Å². The van der Waals surface area contributed by atoms with Crippen LogP contribution in [0.25, 0.3) is 0 Å². The van der Waals surface area contributed by atoms with Crippen molar-refractivity contribution in [3.05, 3.63) is 41.7 Å². The maximum Gasteiger partial charge on any atom is 0.253 e. The van der Waals surface area contributed by atoms with E-state index in [-0.39, 0.29) is 17.6 Å². The van der Waals surface area contributed by atoms with Crippen molar-refractivity contribution >= 4 is 5.91 Å². The van der Waals surface area contributed by atoms with Crippen molar-refractivity contribution in [1.82, 2.24) is 25.1 Å². The van der Waals surface area contributed by atoms with Crippen LogP contribution < -0.4 is 5.32 Å². The number of rotatable bonds is 6. The fraction of sp³-hybridized carbons (Fsp3) is 0.357. The lowest BCUT2D eigenvalue weighted by atomic mass is 10.2. The molecule has 2 aromatic rings. The number of nitrogens with one attached hydrogen (secondary N) is 1. The third kappa shape index (κ3) is 3.65. The summed E-state index contributed by atoms with van der Waals surface area (Å²) >= 11 is 0. The molecule has 1 N–H and O–H groups in total. The molecule has 0 spiro atoms. The van der Waals surface area contributed by atoms with Gasteiger partial charge in [-0.05, 0) is 19.1 Å². The highest BCUT2D eigenvalue weighted by Gasteiger charge is 2.16. The standard InChI is InChI=1S/C14H16N6O2/c1-10(13-19-17-9-20(13)5-6-22-2)18-14(21)11-3-4-12(7-15)16-8-11/h3-4,8-10H,5-6H2,1-2H3,(H,18,21)/t10-/m1/s1. The topological polar surface area (TPSA) is 106 Å². The van der Waals surface area contributed by atoms with Gasteiger partial charge in [0, 0.05) is 19.9 Å². The molecule has 0 saturated heterocycles. The van der Waals surface area contributed by atoms with Crippen molar-refractivity contribution in [2.24, 2.45) is 0 Å². The van der Waals surface area contributed by atoms with Crippen LogP contribution in [-0.4, -0.2) is 39.4 Å². The first-order valence-electron chi connectivity index (χ1n) is 6.69. The maximum absolute atomic E-state index is 12.2. The van der Waals surface area contributed by atoms with Crippen LogP contribution in [0.4, 0.5) is 0 Å². The summed E-state index contributed by atoms with van der Waals surface area (Å²) in [5.41, 5.74) is 0.651. The van der Waals surface area contributed by atoms with Gasteiger partial charge < -0.3 is 14.6 Å². The molecule has 0 radical (unpaired) electrons. The molecule has 2 heterocycles. The fourth-order valence-electron chi connectivity index (χ4n) is 1.90. The molecule has 0 saturated carbocycles. The molecule has 22 heavy (non-hydrogen) atoms. The molecule has 0 aliphatic carbocycles. The molecule has 0 unspecified atom stereocenters. The van der Waals surface area contributed by atoms with Crippen LogP contribution >= 0.6 is 0 Å². The van der Waals surface area contributed by atoms with E-state index in [1.807, 2.05) is 17.6 Å². The Morgan fingerprint density at radius 2 is 2.36 bits per heavy atom. The average Bonchev–Trinajstić information content (AvgIpc) is 3.01. The van der Waals surface area contributed by atoms with Crippen molar-refractivity contribution in [3.8, 4) is 6.07 Å². The number of nitrogens with zero attached hydrogens (tertiary/aromatic N) is 5. The van der Waals surface area contributed by atoms with Gasteiger partial charge in [-0.2, -0.15) is 5.26 Å². The van der Waals surface area contributed by atoms with Gasteiger partial charge in [-0.3, -0.25) is 4.79 Å². The monoisotopic (exact) mass is 300 g/mol. The molecule has 0 aromatic carbocycles. The molecule has 0 aliphatic heterocycles. The van der Waals surface area contributed by atoms with Gasteiger partial charge in [-0.15, -0.1) is 10.2 Å². The molecule has 0 fully saturated rings. The number of methoxy groups -OCH3 is 1. The van der Waals surface area contributed by atoms with Gasteiger partial charge in [-0.1, -0.05) is 0 Å². The highest BCUT2D eigenvalue weighted by molar-refractivity contribution is 5.94. The Morgan fingerprint density at radius 1 is 1.55 bits per heavy atom. The Hall–Kier alpha value is -2.79. The van der Waals surface area contributed by atoms with Gasteiger partial charge in [0.25, 0.3) is 5.91 Å². The summed E-state index contributed by atoms with van der Waals surface area (Å²) in [7, 11) is 1.62. The normalized spacial score (nSPS) is 11.7. The van der Waals surface area contributed by atoms with Crippen LogP contribution in [0.5, 0.6) is 0 Å². The van der Waals surface area contributed by atoms with E-state index in [9.17, 15) is 4.79 Å². The molecule has 1 amide bonds. The van der Waals surface area contributed by atoms with Crippen molar-refractivity contribution in [2.75, 3.05) is 13.7 Å². The van der Waals surface area contributed by atoms with Gasteiger partial charge >= 0.3 is 0 Å². The van der Waals surface area contributed by atoms with E-state index in [2.05, 4.69) is 20.5 Å². The number of nitriles is 1. The number of hydrogen-bond donors (Lipinski definition) is 1. The lowest BCUT2D eigenvalue weighted by molar-refractivity contribution is 0.0937. The van der Waals surface area contributed by atoms with Crippen molar-refractivity contribution in [3.63, 3.8) is 0 Å². The molecular weight excluding hydrogens is 284 g/mol. The first kappa shape index (κ1) is 15.6. The predicted molar refractivity (Wildman–Crippen MR) is 76.7 cm³/mol. The maximum atomic E-state index is 12.2. The van der Waals surface area contributed by atoms with E-state index in [1.165, 1.54) is 12.3 Å². The van der Waals surface area contributed by atoms with Gasteiger partial charge in [0.15, 0.2) is 5.82 Å². The molecule has 2 rings (SSSR count). The zero-order valence-corrected chi connectivity index (χ0v) is 12.4. The average molecular weight is 300 g/mol. The predicted octanol–water partition coefficient (Wildman–Crippen LogP) is 0.682. The number of aromatic nitrogens is 4. The van der Waals surface area contributed by atoms with Crippen LogP contribution in [0.2, 0.25) is 0 Å². The third-order valence-corrected chi connectivity index (χ3v) is 3.06. The second-order valence-electron chi connectivity index (χ2n) is 4.61. The fourth-order valence-corrected chi connectivity index (χ4v) is 1.90. The highest BCUT2D eigenvalue weighted by Crippen LogP contribution is 2.10. The largest absolute Gasteiger partial charge is 0.383 e. The Balaban J connectivity index is 2.04. The van der Waals surface area contributed by atoms with Crippen molar-refractivity contribution in [2.45, 2.75) is 19.5 Å². The first-order valence-corrected chi connectivity index (χ1v) is 6.69. The zero-order valence-electron chi connectivity index (χ0n) is 12.4. The zero-order chi connectivity index (χ0) is 15.9. The smallest absolute Gasteiger partial charge is 0.253 e. The van der Waals surface area contributed by atoms with Gasteiger partial charge in [0.1, 0.15) is 18.1 Å². The quantitative estimate of drug-likeness (QED) is 0.841. The van der Waals surface area contributed by atoms with E-state index in [0.29, 0.717) is 24.5 Å². The summed E-state index contributed by atoms with van der Waals surface area (Å²) in [6.07, 6.45) is 2.97. The minimum Gasteiger partial charge on any atom is -0.383 e. The van der Waals surface area contributed by atoms with Crippen LogP contribution in [0.1, 0.15) is 34.8 Å². The minimum absolute atomic E-state index is 0.268. The lowest BCUT2D eigenvalue weighted by Crippen LogP contribution is -2.29. The van der Waals surface area contributed by atoms with E-state index in [4.69, 9.17) is 10.00 Å². The van der Waals surface area contributed by atoms with Gasteiger partial charge in [-0.25, -0.2) is 4.98 Å². The summed E-state index contributed by atoms with van der Waals surface area (Å²) in [6, 6.07) is 4.65. The summed E-state index contributed by atoms with van der Waals surface area (Å²) in [6.45, 7) is 2.96. The molecular formula is C14H16N6O2. The SMILES string of the molecule is COCCn1cnnc1[C@@H](C)NC(=O)c1ccc(C#N)nc1. The third-order valence-electron chi connectivity index (χ3n) is 3.06. The highest BCUT2D eigenvalue weighted by atomic mass is 16.5. The summed E-state index contributed by atoms with van der Waals surface area (Å²) in [4.78, 5) is 16.0. The Kier molecular flexibility index (Phi) is 5.16. The second-order valence-corrected chi connectivity index (χ2v) is 4.61. The van der Waals surface area contributed by atoms with Crippen molar-refractivity contribution in [1.29, 1.82) is 5.26 Å². The number of amides is 1. The number of ether oxygens (including phenoxy) is 1. The molecule has 114 valence electrons. The number of pyridine rings is 1. The molecule has 1 atom stereocenters. The van der Waals surface area contributed by atoms with Crippen LogP contribution in [0.15, 0.2) is 24.7 Å². The van der Waals surface area contributed by atoms with E-state index in [1.54, 1.807) is 19.5 Å². The molecule has 8 heteroatoms. The first-order chi connectivity index (χ1) is 10.7. The number of carbonyl (C=O) groups is 1. The summed E-state index contributed by atoms with van der Waals surface area (Å²) in [5.74, 6) is 0.359. The molecule has 2 aromatic heterocycles. The Bertz CT molecular complexity index is 673. The molecule has 0 aliphatic rings. The minimum atomic E-state index is -0.317. The van der Waals surface area contributed by atoms with E-state index in [0.717, 1.165) is 0 Å². The Labute approximate surface area is 127 Å². The number of hydrogen-bond acceptors (Lipinski definition) is 6. The van der Waals surface area contributed by atoms with Crippen molar-refractivity contribution < 1.29 is 9.53 Å². The lowest BCUT2D eigenvalue weighted by Gasteiger charge is -2.14.